The molecule has 102 valence electrons. The molecule has 0 saturated carbocycles. The van der Waals surface area contributed by atoms with E-state index in [0.29, 0.717) is 0 Å². The van der Waals surface area contributed by atoms with Crippen LogP contribution < -0.4 is 10.1 Å². The van der Waals surface area contributed by atoms with Crippen molar-refractivity contribution in [3.63, 3.8) is 0 Å². The first-order chi connectivity index (χ1) is 9.78. The number of benzene rings is 2. The van der Waals surface area contributed by atoms with Crippen LogP contribution in [0.4, 0.5) is 5.00 Å². The molecule has 3 aromatic rings. The number of nitrogens with one attached hydrogen (secondary N) is 1. The SMILES string of the molecule is COc1ccc(C(C)Nc2snc3ccccc23)cc1. The quantitative estimate of drug-likeness (QED) is 0.767. The Bertz CT molecular complexity index is 706. The normalized spacial score (nSPS) is 12.3. The molecule has 1 N–H and O–H groups in total. The topological polar surface area (TPSA) is 34.1 Å². The summed E-state index contributed by atoms with van der Waals surface area (Å²) in [5.41, 5.74) is 2.27. The van der Waals surface area contributed by atoms with Crippen LogP contribution in [-0.2, 0) is 0 Å². The van der Waals surface area contributed by atoms with Gasteiger partial charge in [-0.25, -0.2) is 0 Å². The average Bonchev–Trinajstić information content (AvgIpc) is 2.91. The summed E-state index contributed by atoms with van der Waals surface area (Å²) in [4.78, 5) is 0. The highest BCUT2D eigenvalue weighted by molar-refractivity contribution is 7.11. The Morgan fingerprint density at radius 2 is 1.85 bits per heavy atom. The van der Waals surface area contributed by atoms with Crippen LogP contribution in [0.15, 0.2) is 48.5 Å². The second kappa shape index (κ2) is 5.51. The third-order valence-corrected chi connectivity index (χ3v) is 4.16. The highest BCUT2D eigenvalue weighted by Crippen LogP contribution is 2.30. The van der Waals surface area contributed by atoms with Gasteiger partial charge in [0.25, 0.3) is 0 Å². The maximum atomic E-state index is 5.18. The van der Waals surface area contributed by atoms with E-state index >= 15 is 0 Å². The van der Waals surface area contributed by atoms with Gasteiger partial charge in [-0.2, -0.15) is 4.37 Å². The van der Waals surface area contributed by atoms with Crippen LogP contribution in [0.3, 0.4) is 0 Å². The van der Waals surface area contributed by atoms with Gasteiger partial charge in [0, 0.05) is 11.4 Å². The van der Waals surface area contributed by atoms with Crippen LogP contribution in [0.1, 0.15) is 18.5 Å². The molecule has 0 amide bonds. The lowest BCUT2D eigenvalue weighted by molar-refractivity contribution is 0.414. The standard InChI is InChI=1S/C16H16N2OS/c1-11(12-7-9-13(19-2)10-8-12)17-16-14-5-3-4-6-15(14)18-20-16/h3-11,17H,1-2H3. The van der Waals surface area contributed by atoms with Crippen LogP contribution in [0.2, 0.25) is 0 Å². The molecule has 1 heterocycles. The highest BCUT2D eigenvalue weighted by atomic mass is 32.1. The molecule has 0 radical (unpaired) electrons. The number of aromatic nitrogens is 1. The molecule has 0 fully saturated rings. The van der Waals surface area contributed by atoms with E-state index in [-0.39, 0.29) is 6.04 Å². The predicted octanol–water partition coefficient (Wildman–Crippen LogP) is 4.48. The molecule has 1 atom stereocenters. The minimum Gasteiger partial charge on any atom is -0.497 e. The summed E-state index contributed by atoms with van der Waals surface area (Å²) in [6.07, 6.45) is 0. The summed E-state index contributed by atoms with van der Waals surface area (Å²) in [5.74, 6) is 0.879. The number of ether oxygens (including phenoxy) is 1. The van der Waals surface area contributed by atoms with E-state index in [0.717, 1.165) is 16.3 Å². The minimum absolute atomic E-state index is 0.227. The van der Waals surface area contributed by atoms with Crippen molar-refractivity contribution in [1.82, 2.24) is 4.37 Å². The molecule has 4 heteroatoms. The van der Waals surface area contributed by atoms with Gasteiger partial charge >= 0.3 is 0 Å². The van der Waals surface area contributed by atoms with Gasteiger partial charge in [-0.05, 0) is 48.3 Å². The first-order valence-corrected chi connectivity index (χ1v) is 7.30. The molecule has 1 aromatic heterocycles. The molecule has 20 heavy (non-hydrogen) atoms. The van der Waals surface area contributed by atoms with E-state index in [1.165, 1.54) is 22.5 Å². The zero-order valence-corrected chi connectivity index (χ0v) is 12.3. The van der Waals surface area contributed by atoms with Crippen LogP contribution in [0.5, 0.6) is 5.75 Å². The van der Waals surface area contributed by atoms with Crippen molar-refractivity contribution in [2.24, 2.45) is 0 Å². The Kier molecular flexibility index (Phi) is 3.56. The smallest absolute Gasteiger partial charge is 0.118 e. The monoisotopic (exact) mass is 284 g/mol. The largest absolute Gasteiger partial charge is 0.497 e. The van der Waals surface area contributed by atoms with Gasteiger partial charge in [-0.3, -0.25) is 0 Å². The zero-order valence-electron chi connectivity index (χ0n) is 11.5. The Morgan fingerprint density at radius 1 is 1.10 bits per heavy atom. The number of hydrogen-bond donors (Lipinski definition) is 1. The highest BCUT2D eigenvalue weighted by Gasteiger charge is 2.10. The Hall–Kier alpha value is -2.07. The lowest BCUT2D eigenvalue weighted by Gasteiger charge is -2.14. The summed E-state index contributed by atoms with van der Waals surface area (Å²) in [5, 5.41) is 5.83. The van der Waals surface area contributed by atoms with Crippen molar-refractivity contribution in [3.05, 3.63) is 54.1 Å². The maximum absolute atomic E-state index is 5.18. The molecule has 1 unspecified atom stereocenters. The number of nitrogens with zero attached hydrogens (tertiary/aromatic N) is 1. The molecule has 0 bridgehead atoms. The fourth-order valence-corrected chi connectivity index (χ4v) is 3.02. The van der Waals surface area contributed by atoms with E-state index in [2.05, 4.69) is 34.8 Å². The van der Waals surface area contributed by atoms with Gasteiger partial charge in [-0.15, -0.1) is 0 Å². The van der Waals surface area contributed by atoms with Gasteiger partial charge in [0.2, 0.25) is 0 Å². The maximum Gasteiger partial charge on any atom is 0.118 e. The Labute approximate surface area is 122 Å². The third-order valence-electron chi connectivity index (χ3n) is 3.35. The second-order valence-electron chi connectivity index (χ2n) is 4.67. The second-order valence-corrected chi connectivity index (χ2v) is 5.44. The summed E-state index contributed by atoms with van der Waals surface area (Å²) in [7, 11) is 1.68. The first-order valence-electron chi connectivity index (χ1n) is 6.53. The van der Waals surface area contributed by atoms with Crippen molar-refractivity contribution >= 4 is 27.4 Å². The van der Waals surface area contributed by atoms with Gasteiger partial charge < -0.3 is 10.1 Å². The van der Waals surface area contributed by atoms with E-state index < -0.39 is 0 Å². The Morgan fingerprint density at radius 3 is 2.60 bits per heavy atom. The third kappa shape index (κ3) is 2.47. The van der Waals surface area contributed by atoms with Crippen LogP contribution in [-0.4, -0.2) is 11.5 Å². The number of methoxy groups -OCH3 is 1. The van der Waals surface area contributed by atoms with E-state index in [9.17, 15) is 0 Å². The summed E-state index contributed by atoms with van der Waals surface area (Å²) in [6.45, 7) is 2.15. The molecule has 3 nitrogen and oxygen atoms in total. The summed E-state index contributed by atoms with van der Waals surface area (Å²) >= 11 is 1.51. The molecular weight excluding hydrogens is 268 g/mol. The van der Waals surface area contributed by atoms with Crippen molar-refractivity contribution in [2.75, 3.05) is 12.4 Å². The Balaban J connectivity index is 1.82. The molecule has 0 saturated heterocycles. The number of anilines is 1. The lowest BCUT2D eigenvalue weighted by atomic mass is 10.1. The van der Waals surface area contributed by atoms with E-state index in [4.69, 9.17) is 4.74 Å². The molecule has 0 spiro atoms. The molecule has 2 aromatic carbocycles. The van der Waals surface area contributed by atoms with Crippen LogP contribution in [0.25, 0.3) is 10.9 Å². The van der Waals surface area contributed by atoms with Crippen molar-refractivity contribution in [1.29, 1.82) is 0 Å². The minimum atomic E-state index is 0.227. The molecule has 0 aliphatic rings. The predicted molar refractivity (Wildman–Crippen MR) is 84.7 cm³/mol. The fraction of sp³-hybridized carbons (Fsp3) is 0.188. The van der Waals surface area contributed by atoms with E-state index in [1.54, 1.807) is 7.11 Å². The van der Waals surface area contributed by atoms with Crippen LogP contribution >= 0.6 is 11.5 Å². The first kappa shape index (κ1) is 12.9. The molecular formula is C16H16N2OS. The van der Waals surface area contributed by atoms with Crippen molar-refractivity contribution in [2.45, 2.75) is 13.0 Å². The van der Waals surface area contributed by atoms with E-state index in [1.807, 2.05) is 30.3 Å². The lowest BCUT2D eigenvalue weighted by Crippen LogP contribution is -2.05. The molecule has 0 aliphatic carbocycles. The number of rotatable bonds is 4. The zero-order chi connectivity index (χ0) is 13.9. The summed E-state index contributed by atoms with van der Waals surface area (Å²) < 4.78 is 9.64. The van der Waals surface area contributed by atoms with Crippen molar-refractivity contribution < 1.29 is 4.74 Å². The van der Waals surface area contributed by atoms with Gasteiger partial charge in [0.1, 0.15) is 10.8 Å². The van der Waals surface area contributed by atoms with Gasteiger partial charge in [0.15, 0.2) is 0 Å². The number of hydrogen-bond acceptors (Lipinski definition) is 4. The van der Waals surface area contributed by atoms with Gasteiger partial charge in [-0.1, -0.05) is 24.3 Å². The van der Waals surface area contributed by atoms with Crippen LogP contribution in [0, 0.1) is 0 Å². The van der Waals surface area contributed by atoms with Gasteiger partial charge in [0.05, 0.1) is 12.6 Å². The van der Waals surface area contributed by atoms with Crippen molar-refractivity contribution in [3.8, 4) is 5.75 Å². The fourth-order valence-electron chi connectivity index (χ4n) is 2.17. The molecule has 3 rings (SSSR count). The molecule has 0 aliphatic heterocycles. The number of fused-ring (bicyclic) bond motifs is 1. The summed E-state index contributed by atoms with van der Waals surface area (Å²) in [6, 6.07) is 16.6. The average molecular weight is 284 g/mol.